The molecule has 0 aromatic heterocycles. The number of carbonyl (C=O) groups excluding carboxylic acids is 2. The summed E-state index contributed by atoms with van der Waals surface area (Å²) in [5.41, 5.74) is 0.0175. The second kappa shape index (κ2) is 8.64. The van der Waals surface area contributed by atoms with Crippen molar-refractivity contribution in [3.05, 3.63) is 67.7 Å². The number of amides is 1. The van der Waals surface area contributed by atoms with E-state index < -0.39 is 22.5 Å². The maximum Gasteiger partial charge on any atom is 0.340 e. The molecule has 0 fully saturated rings. The van der Waals surface area contributed by atoms with Gasteiger partial charge in [-0.15, -0.1) is 0 Å². The second-order valence-electron chi connectivity index (χ2n) is 5.23. The normalized spacial score (nSPS) is 10.3. The van der Waals surface area contributed by atoms with Crippen LogP contribution >= 0.6 is 23.2 Å². The Labute approximate surface area is 159 Å². The molecule has 0 spiro atoms. The average molecular weight is 397 g/mol. The van der Waals surface area contributed by atoms with Gasteiger partial charge >= 0.3 is 5.97 Å². The van der Waals surface area contributed by atoms with Gasteiger partial charge in [-0.1, -0.05) is 35.3 Å². The summed E-state index contributed by atoms with van der Waals surface area (Å²) in [5.74, 6) is -1.29. The van der Waals surface area contributed by atoms with Crippen molar-refractivity contribution in [2.75, 3.05) is 12.4 Å². The number of rotatable bonds is 6. The molecule has 1 amide bonds. The molecule has 0 aliphatic heterocycles. The Morgan fingerprint density at radius 2 is 1.96 bits per heavy atom. The highest BCUT2D eigenvalue weighted by molar-refractivity contribution is 6.35. The molecule has 0 aliphatic rings. The largest absolute Gasteiger partial charge is 0.465 e. The molecule has 0 unspecified atom stereocenters. The molecule has 9 heteroatoms. The van der Waals surface area contributed by atoms with E-state index in [4.69, 9.17) is 23.2 Å². The molecule has 0 heterocycles. The summed E-state index contributed by atoms with van der Waals surface area (Å²) in [6.45, 7) is 0. The quantitative estimate of drug-likeness (QED) is 0.446. The number of halogens is 2. The summed E-state index contributed by atoms with van der Waals surface area (Å²) in [6, 6.07) is 8.78. The number of methoxy groups -OCH3 is 1. The molecule has 0 atom stereocenters. The summed E-state index contributed by atoms with van der Waals surface area (Å²) in [5, 5.41) is 14.5. The molecule has 2 aromatic rings. The van der Waals surface area contributed by atoms with E-state index >= 15 is 0 Å². The van der Waals surface area contributed by atoms with E-state index in [0.29, 0.717) is 22.0 Å². The number of hydrogen-bond donors (Lipinski definition) is 1. The van der Waals surface area contributed by atoms with E-state index in [2.05, 4.69) is 10.1 Å². The van der Waals surface area contributed by atoms with E-state index in [1.807, 2.05) is 0 Å². The monoisotopic (exact) mass is 396 g/mol. The SMILES string of the molecule is COC(=O)c1cccc([N+](=O)[O-])c1NC(=O)CCc1ccc(Cl)cc1Cl. The van der Waals surface area contributed by atoms with Gasteiger partial charge in [-0.25, -0.2) is 4.79 Å². The molecule has 136 valence electrons. The van der Waals surface area contributed by atoms with Gasteiger partial charge in [-0.05, 0) is 30.2 Å². The van der Waals surface area contributed by atoms with Crippen LogP contribution in [0.15, 0.2) is 36.4 Å². The van der Waals surface area contributed by atoms with Crippen LogP contribution in [-0.2, 0) is 16.0 Å². The predicted octanol–water partition coefficient (Wildman–Crippen LogP) is 4.26. The molecule has 0 saturated heterocycles. The van der Waals surface area contributed by atoms with Crippen LogP contribution in [0.25, 0.3) is 0 Å². The van der Waals surface area contributed by atoms with Gasteiger partial charge in [0.1, 0.15) is 5.69 Å². The first-order valence-corrected chi connectivity index (χ1v) is 8.18. The maximum absolute atomic E-state index is 12.2. The summed E-state index contributed by atoms with van der Waals surface area (Å²) < 4.78 is 4.61. The third-order valence-corrected chi connectivity index (χ3v) is 4.13. The number of benzene rings is 2. The predicted molar refractivity (Wildman–Crippen MR) is 97.8 cm³/mol. The zero-order chi connectivity index (χ0) is 19.3. The number of aryl methyl sites for hydroxylation is 1. The number of esters is 1. The van der Waals surface area contributed by atoms with Crippen LogP contribution in [-0.4, -0.2) is 23.9 Å². The fraction of sp³-hybridized carbons (Fsp3) is 0.176. The highest BCUT2D eigenvalue weighted by Gasteiger charge is 2.23. The number of para-hydroxylation sites is 1. The van der Waals surface area contributed by atoms with Gasteiger partial charge in [0.15, 0.2) is 0 Å². The topological polar surface area (TPSA) is 98.5 Å². The molecular formula is C17H14Cl2N2O5. The second-order valence-corrected chi connectivity index (χ2v) is 6.08. The van der Waals surface area contributed by atoms with Gasteiger partial charge in [0.2, 0.25) is 5.91 Å². The van der Waals surface area contributed by atoms with Crippen molar-refractivity contribution in [2.24, 2.45) is 0 Å². The van der Waals surface area contributed by atoms with E-state index in [0.717, 1.165) is 7.11 Å². The molecular weight excluding hydrogens is 383 g/mol. The van der Waals surface area contributed by atoms with Crippen molar-refractivity contribution >= 4 is 46.5 Å². The van der Waals surface area contributed by atoms with Crippen molar-refractivity contribution in [3.8, 4) is 0 Å². The van der Waals surface area contributed by atoms with Crippen LogP contribution in [0.5, 0.6) is 0 Å². The first-order valence-electron chi connectivity index (χ1n) is 7.43. The first kappa shape index (κ1) is 19.7. The van der Waals surface area contributed by atoms with Gasteiger partial charge < -0.3 is 10.1 Å². The Morgan fingerprint density at radius 3 is 2.58 bits per heavy atom. The van der Waals surface area contributed by atoms with Crippen molar-refractivity contribution in [2.45, 2.75) is 12.8 Å². The lowest BCUT2D eigenvalue weighted by atomic mass is 10.1. The van der Waals surface area contributed by atoms with Crippen molar-refractivity contribution in [1.82, 2.24) is 0 Å². The number of nitrogens with zero attached hydrogens (tertiary/aromatic N) is 1. The van der Waals surface area contributed by atoms with E-state index in [-0.39, 0.29) is 17.7 Å². The number of hydrogen-bond acceptors (Lipinski definition) is 5. The Kier molecular flexibility index (Phi) is 6.54. The zero-order valence-electron chi connectivity index (χ0n) is 13.6. The van der Waals surface area contributed by atoms with E-state index in [1.54, 1.807) is 18.2 Å². The Bertz CT molecular complexity index is 870. The third kappa shape index (κ3) is 4.71. The molecule has 0 radical (unpaired) electrons. The van der Waals surface area contributed by atoms with Crippen LogP contribution in [0, 0.1) is 10.1 Å². The molecule has 0 saturated carbocycles. The summed E-state index contributed by atoms with van der Waals surface area (Å²) in [6.07, 6.45) is 0.310. The fourth-order valence-corrected chi connectivity index (χ4v) is 2.78. The van der Waals surface area contributed by atoms with Crippen molar-refractivity contribution in [3.63, 3.8) is 0 Å². The van der Waals surface area contributed by atoms with Gasteiger partial charge in [0.05, 0.1) is 17.6 Å². The number of nitrogens with one attached hydrogen (secondary N) is 1. The summed E-state index contributed by atoms with van der Waals surface area (Å²) >= 11 is 11.9. The average Bonchev–Trinajstić information content (AvgIpc) is 2.60. The highest BCUT2D eigenvalue weighted by Crippen LogP contribution is 2.29. The molecule has 26 heavy (non-hydrogen) atoms. The number of anilines is 1. The van der Waals surface area contributed by atoms with Gasteiger partial charge in [0.25, 0.3) is 5.69 Å². The molecule has 1 N–H and O–H groups in total. The minimum absolute atomic E-state index is 0.00795. The van der Waals surface area contributed by atoms with Crippen molar-refractivity contribution in [1.29, 1.82) is 0 Å². The summed E-state index contributed by atoms with van der Waals surface area (Å²) in [4.78, 5) is 34.6. The lowest BCUT2D eigenvalue weighted by Crippen LogP contribution is -2.17. The van der Waals surface area contributed by atoms with Gasteiger partial charge in [0, 0.05) is 22.5 Å². The summed E-state index contributed by atoms with van der Waals surface area (Å²) in [7, 11) is 1.15. The molecule has 2 aromatic carbocycles. The first-order chi connectivity index (χ1) is 12.3. The molecule has 0 bridgehead atoms. The van der Waals surface area contributed by atoms with Crippen LogP contribution in [0.1, 0.15) is 22.3 Å². The zero-order valence-corrected chi connectivity index (χ0v) is 15.1. The third-order valence-electron chi connectivity index (χ3n) is 3.55. The van der Waals surface area contributed by atoms with Gasteiger partial charge in [-0.3, -0.25) is 14.9 Å². The molecule has 2 rings (SSSR count). The molecule has 0 aliphatic carbocycles. The number of ether oxygens (including phenoxy) is 1. The number of nitro groups is 1. The van der Waals surface area contributed by atoms with Crippen LogP contribution < -0.4 is 5.32 Å². The van der Waals surface area contributed by atoms with Crippen LogP contribution in [0.3, 0.4) is 0 Å². The van der Waals surface area contributed by atoms with Crippen molar-refractivity contribution < 1.29 is 19.2 Å². The van der Waals surface area contributed by atoms with E-state index in [9.17, 15) is 19.7 Å². The Hall–Kier alpha value is -2.64. The highest BCUT2D eigenvalue weighted by atomic mass is 35.5. The van der Waals surface area contributed by atoms with E-state index in [1.165, 1.54) is 18.2 Å². The number of carbonyl (C=O) groups is 2. The Morgan fingerprint density at radius 1 is 1.23 bits per heavy atom. The Balaban J connectivity index is 2.20. The van der Waals surface area contributed by atoms with Gasteiger partial charge in [-0.2, -0.15) is 0 Å². The maximum atomic E-state index is 12.2. The molecule has 7 nitrogen and oxygen atoms in total. The lowest BCUT2D eigenvalue weighted by molar-refractivity contribution is -0.384. The smallest absolute Gasteiger partial charge is 0.340 e. The lowest BCUT2D eigenvalue weighted by Gasteiger charge is -2.10. The van der Waals surface area contributed by atoms with Crippen LogP contribution in [0.2, 0.25) is 10.0 Å². The standard InChI is InChI=1S/C17H14Cl2N2O5/c1-26-17(23)12-3-2-4-14(21(24)25)16(12)20-15(22)8-6-10-5-7-11(18)9-13(10)19/h2-5,7,9H,6,8H2,1H3,(H,20,22). The minimum Gasteiger partial charge on any atom is -0.465 e. The fourth-order valence-electron chi connectivity index (χ4n) is 2.28. The number of nitro benzene ring substituents is 1. The minimum atomic E-state index is -0.787. The van der Waals surface area contributed by atoms with Crippen LogP contribution in [0.4, 0.5) is 11.4 Å².